The number of oxazole rings is 1. The maximum atomic E-state index is 13.3. The topological polar surface area (TPSA) is 86.5 Å². The summed E-state index contributed by atoms with van der Waals surface area (Å²) in [6, 6.07) is 23.6. The van der Waals surface area contributed by atoms with Crippen molar-refractivity contribution in [1.29, 1.82) is 0 Å². The normalized spacial score (nSPS) is 11.6. The van der Waals surface area contributed by atoms with Crippen molar-refractivity contribution < 1.29 is 18.0 Å². The molecule has 4 rings (SSSR count). The fraction of sp³-hybridized carbons (Fsp3) is 0.167. The van der Waals surface area contributed by atoms with Gasteiger partial charge in [-0.2, -0.15) is 0 Å². The standard InChI is InChI=1S/C24H24N3O4P/c1-29-32(28,30-2)24-23(26-17-18-10-9-15-25-16-18)31-22(27-24)21(19-11-5-3-6-12-19)20-13-7-4-8-14-20/h3-16,21,26H,17H2,1-2H3. The minimum atomic E-state index is -3.68. The Labute approximate surface area is 187 Å². The SMILES string of the molecule is COP(=O)(OC)c1nc(C(c2ccccc2)c2ccccc2)oc1NCc1cccnc1. The molecule has 164 valence electrons. The van der Waals surface area contributed by atoms with Crippen LogP contribution in [0.25, 0.3) is 0 Å². The van der Waals surface area contributed by atoms with Crippen LogP contribution in [-0.4, -0.2) is 24.2 Å². The van der Waals surface area contributed by atoms with Crippen LogP contribution in [-0.2, 0) is 20.2 Å². The minimum absolute atomic E-state index is 0.109. The van der Waals surface area contributed by atoms with E-state index >= 15 is 0 Å². The molecule has 0 fully saturated rings. The van der Waals surface area contributed by atoms with E-state index in [1.165, 1.54) is 14.2 Å². The van der Waals surface area contributed by atoms with Crippen LogP contribution in [0.1, 0.15) is 28.5 Å². The Morgan fingerprint density at radius 3 is 2.09 bits per heavy atom. The van der Waals surface area contributed by atoms with Gasteiger partial charge in [-0.1, -0.05) is 66.7 Å². The van der Waals surface area contributed by atoms with E-state index in [2.05, 4.69) is 15.3 Å². The zero-order valence-electron chi connectivity index (χ0n) is 17.8. The zero-order chi connectivity index (χ0) is 22.4. The van der Waals surface area contributed by atoms with Gasteiger partial charge < -0.3 is 18.8 Å². The van der Waals surface area contributed by atoms with E-state index in [1.807, 2.05) is 72.8 Å². The van der Waals surface area contributed by atoms with Crippen LogP contribution in [0.2, 0.25) is 0 Å². The van der Waals surface area contributed by atoms with Crippen LogP contribution in [0, 0.1) is 0 Å². The third kappa shape index (κ3) is 4.65. The molecule has 0 saturated heterocycles. The van der Waals surface area contributed by atoms with Gasteiger partial charge in [0.15, 0.2) is 0 Å². The second kappa shape index (κ2) is 9.92. The van der Waals surface area contributed by atoms with E-state index in [4.69, 9.17) is 13.5 Å². The van der Waals surface area contributed by atoms with Gasteiger partial charge >= 0.3 is 7.60 Å². The van der Waals surface area contributed by atoms with Gasteiger partial charge in [-0.05, 0) is 22.8 Å². The molecule has 0 aliphatic rings. The van der Waals surface area contributed by atoms with Crippen molar-refractivity contribution >= 4 is 18.9 Å². The third-order valence-corrected chi connectivity index (χ3v) is 6.84. The Bertz CT molecular complexity index is 1140. The third-order valence-electron chi connectivity index (χ3n) is 5.05. The van der Waals surface area contributed by atoms with Crippen molar-refractivity contribution in [3.05, 3.63) is 108 Å². The Hall–Kier alpha value is -3.25. The average Bonchev–Trinajstić information content (AvgIpc) is 3.29. The Morgan fingerprint density at radius 2 is 1.56 bits per heavy atom. The molecule has 8 heteroatoms. The number of nitrogens with one attached hydrogen (secondary N) is 1. The van der Waals surface area contributed by atoms with E-state index in [0.29, 0.717) is 12.4 Å². The maximum absolute atomic E-state index is 13.3. The van der Waals surface area contributed by atoms with Gasteiger partial charge in [0.25, 0.3) is 0 Å². The van der Waals surface area contributed by atoms with Crippen molar-refractivity contribution in [2.24, 2.45) is 0 Å². The highest BCUT2D eigenvalue weighted by atomic mass is 31.2. The first-order chi connectivity index (χ1) is 15.6. The fourth-order valence-electron chi connectivity index (χ4n) is 3.45. The van der Waals surface area contributed by atoms with Crippen LogP contribution >= 0.6 is 7.60 Å². The Balaban J connectivity index is 1.80. The van der Waals surface area contributed by atoms with E-state index in [9.17, 15) is 4.57 Å². The maximum Gasteiger partial charge on any atom is 0.384 e. The van der Waals surface area contributed by atoms with Gasteiger partial charge in [0.2, 0.25) is 17.2 Å². The van der Waals surface area contributed by atoms with Crippen molar-refractivity contribution in [2.45, 2.75) is 12.5 Å². The van der Waals surface area contributed by atoms with Crippen molar-refractivity contribution in [2.75, 3.05) is 19.5 Å². The first-order valence-corrected chi connectivity index (χ1v) is 11.6. The molecule has 2 aromatic heterocycles. The van der Waals surface area contributed by atoms with E-state index in [1.54, 1.807) is 12.4 Å². The smallest absolute Gasteiger partial charge is 0.384 e. The summed E-state index contributed by atoms with van der Waals surface area (Å²) in [5, 5.41) is 3.18. The summed E-state index contributed by atoms with van der Waals surface area (Å²) in [5.74, 6) is 0.334. The predicted octanol–water partition coefficient (Wildman–Crippen LogP) is 4.97. The van der Waals surface area contributed by atoms with Crippen LogP contribution in [0.15, 0.2) is 89.6 Å². The molecule has 0 saturated carbocycles. The van der Waals surface area contributed by atoms with Gasteiger partial charge in [-0.15, -0.1) is 0 Å². The number of rotatable bonds is 9. The number of anilines is 1. The lowest BCUT2D eigenvalue weighted by Crippen LogP contribution is -2.15. The molecule has 0 bridgehead atoms. The number of pyridine rings is 1. The van der Waals surface area contributed by atoms with E-state index in [0.717, 1.165) is 16.7 Å². The minimum Gasteiger partial charge on any atom is -0.423 e. The van der Waals surface area contributed by atoms with Gasteiger partial charge in [0.1, 0.15) is 0 Å². The lowest BCUT2D eigenvalue weighted by Gasteiger charge is -2.14. The Morgan fingerprint density at radius 1 is 0.938 bits per heavy atom. The highest BCUT2D eigenvalue weighted by Gasteiger charge is 2.36. The van der Waals surface area contributed by atoms with Gasteiger partial charge in [-0.3, -0.25) is 9.55 Å². The van der Waals surface area contributed by atoms with Crippen molar-refractivity contribution in [1.82, 2.24) is 9.97 Å². The molecule has 0 amide bonds. The fourth-order valence-corrected chi connectivity index (χ4v) is 4.54. The summed E-state index contributed by atoms with van der Waals surface area (Å²) >= 11 is 0. The molecule has 4 aromatic rings. The predicted molar refractivity (Wildman–Crippen MR) is 123 cm³/mol. The second-order valence-corrected chi connectivity index (χ2v) is 9.19. The van der Waals surface area contributed by atoms with Gasteiger partial charge in [0.05, 0.1) is 5.92 Å². The van der Waals surface area contributed by atoms with Crippen LogP contribution in [0.3, 0.4) is 0 Å². The summed E-state index contributed by atoms with van der Waals surface area (Å²) in [6.45, 7) is 0.407. The molecule has 0 spiro atoms. The van der Waals surface area contributed by atoms with Crippen LogP contribution in [0.4, 0.5) is 5.88 Å². The molecule has 7 nitrogen and oxygen atoms in total. The molecule has 0 atom stereocenters. The summed E-state index contributed by atoms with van der Waals surface area (Å²) in [6.07, 6.45) is 3.45. The summed E-state index contributed by atoms with van der Waals surface area (Å²) in [7, 11) is -1.02. The largest absolute Gasteiger partial charge is 0.423 e. The molecule has 0 unspecified atom stereocenters. The molecule has 32 heavy (non-hydrogen) atoms. The molecular weight excluding hydrogens is 425 g/mol. The van der Waals surface area contributed by atoms with Crippen LogP contribution in [0.5, 0.6) is 0 Å². The molecule has 0 aliphatic heterocycles. The van der Waals surface area contributed by atoms with Crippen LogP contribution < -0.4 is 10.8 Å². The highest BCUT2D eigenvalue weighted by Crippen LogP contribution is 2.48. The van der Waals surface area contributed by atoms with Crippen molar-refractivity contribution in [3.63, 3.8) is 0 Å². The number of hydrogen-bond donors (Lipinski definition) is 1. The quantitative estimate of drug-likeness (QED) is 0.361. The van der Waals surface area contributed by atoms with Gasteiger partial charge in [0, 0.05) is 33.2 Å². The molecule has 1 N–H and O–H groups in total. The number of nitrogens with zero attached hydrogens (tertiary/aromatic N) is 2. The lowest BCUT2D eigenvalue weighted by molar-refractivity contribution is 0.286. The molecule has 2 aromatic carbocycles. The summed E-state index contributed by atoms with van der Waals surface area (Å²) < 4.78 is 29.9. The monoisotopic (exact) mass is 449 g/mol. The number of benzene rings is 2. The number of aromatic nitrogens is 2. The second-order valence-electron chi connectivity index (χ2n) is 7.04. The van der Waals surface area contributed by atoms with E-state index < -0.39 is 7.60 Å². The van der Waals surface area contributed by atoms with Crippen molar-refractivity contribution in [3.8, 4) is 0 Å². The molecule has 0 aliphatic carbocycles. The molecule has 0 radical (unpaired) electrons. The first-order valence-electron chi connectivity index (χ1n) is 10.1. The Kier molecular flexibility index (Phi) is 6.81. The highest BCUT2D eigenvalue weighted by molar-refractivity contribution is 7.62. The average molecular weight is 449 g/mol. The molecular formula is C24H24N3O4P. The lowest BCUT2D eigenvalue weighted by atomic mass is 9.91. The summed E-state index contributed by atoms with van der Waals surface area (Å²) in [4.78, 5) is 8.75. The van der Waals surface area contributed by atoms with E-state index in [-0.39, 0.29) is 17.2 Å². The molecule has 2 heterocycles. The van der Waals surface area contributed by atoms with Gasteiger partial charge in [-0.25, -0.2) is 4.98 Å². The zero-order valence-corrected chi connectivity index (χ0v) is 18.7. The summed E-state index contributed by atoms with van der Waals surface area (Å²) in [5.41, 5.74) is 3.03. The number of hydrogen-bond acceptors (Lipinski definition) is 7. The first kappa shape index (κ1) is 22.0.